The van der Waals surface area contributed by atoms with Gasteiger partial charge in [0.05, 0.1) is 0 Å². The van der Waals surface area contributed by atoms with Crippen molar-refractivity contribution in [1.29, 1.82) is 0 Å². The first kappa shape index (κ1) is 13.5. The van der Waals surface area contributed by atoms with Crippen molar-refractivity contribution in [2.75, 3.05) is 6.54 Å². The van der Waals surface area contributed by atoms with Crippen molar-refractivity contribution in [2.45, 2.75) is 45.6 Å². The predicted octanol–water partition coefficient (Wildman–Crippen LogP) is 4.57. The first-order valence-electron chi connectivity index (χ1n) is 6.26. The summed E-state index contributed by atoms with van der Waals surface area (Å²) < 4.78 is 0. The average molecular weight is 240 g/mol. The van der Waals surface area contributed by atoms with Crippen LogP contribution < -0.4 is 5.32 Å². The van der Waals surface area contributed by atoms with Gasteiger partial charge in [0.2, 0.25) is 0 Å². The number of benzene rings is 1. The van der Waals surface area contributed by atoms with Gasteiger partial charge in [-0.05, 0) is 30.7 Å². The molecule has 0 saturated heterocycles. The van der Waals surface area contributed by atoms with E-state index in [9.17, 15) is 0 Å². The average Bonchev–Trinajstić information content (AvgIpc) is 2.29. The van der Waals surface area contributed by atoms with Gasteiger partial charge in [0.15, 0.2) is 0 Å². The van der Waals surface area contributed by atoms with Crippen LogP contribution in [0.4, 0.5) is 0 Å². The SMILES string of the molecule is CCCCCC(NCC)c1ccc(Cl)cc1. The van der Waals surface area contributed by atoms with Gasteiger partial charge in [-0.3, -0.25) is 0 Å². The quantitative estimate of drug-likeness (QED) is 0.688. The van der Waals surface area contributed by atoms with Crippen molar-refractivity contribution in [3.63, 3.8) is 0 Å². The first-order valence-corrected chi connectivity index (χ1v) is 6.64. The molecule has 1 atom stereocenters. The molecule has 0 heterocycles. The van der Waals surface area contributed by atoms with E-state index in [2.05, 4.69) is 31.3 Å². The summed E-state index contributed by atoms with van der Waals surface area (Å²) in [4.78, 5) is 0. The minimum atomic E-state index is 0.480. The number of rotatable bonds is 7. The minimum Gasteiger partial charge on any atom is -0.310 e. The second-order valence-electron chi connectivity index (χ2n) is 4.16. The fourth-order valence-corrected chi connectivity index (χ4v) is 2.05. The zero-order chi connectivity index (χ0) is 11.8. The molecule has 0 aliphatic heterocycles. The van der Waals surface area contributed by atoms with Gasteiger partial charge in [-0.2, -0.15) is 0 Å². The Labute approximate surface area is 104 Å². The van der Waals surface area contributed by atoms with Gasteiger partial charge in [-0.1, -0.05) is 56.8 Å². The second kappa shape index (κ2) is 7.70. The predicted molar refractivity (Wildman–Crippen MR) is 72.0 cm³/mol. The molecule has 0 aromatic heterocycles. The Balaban J connectivity index is 2.57. The first-order chi connectivity index (χ1) is 7.77. The standard InChI is InChI=1S/C14H22ClN/c1-3-5-6-7-14(16-4-2)12-8-10-13(15)11-9-12/h8-11,14,16H,3-7H2,1-2H3. The van der Waals surface area contributed by atoms with E-state index in [0.717, 1.165) is 11.6 Å². The molecule has 1 rings (SSSR count). The number of halogens is 1. The van der Waals surface area contributed by atoms with Crippen molar-refractivity contribution >= 4 is 11.6 Å². The highest BCUT2D eigenvalue weighted by molar-refractivity contribution is 6.30. The molecule has 0 fully saturated rings. The van der Waals surface area contributed by atoms with Crippen LogP contribution in [0, 0.1) is 0 Å². The van der Waals surface area contributed by atoms with E-state index in [1.54, 1.807) is 0 Å². The minimum absolute atomic E-state index is 0.480. The topological polar surface area (TPSA) is 12.0 Å². The number of nitrogens with one attached hydrogen (secondary N) is 1. The third-order valence-electron chi connectivity index (χ3n) is 2.82. The summed E-state index contributed by atoms with van der Waals surface area (Å²) in [6.45, 7) is 5.41. The summed E-state index contributed by atoms with van der Waals surface area (Å²) >= 11 is 5.90. The van der Waals surface area contributed by atoms with Crippen LogP contribution in [0.3, 0.4) is 0 Å². The molecule has 0 aliphatic rings. The van der Waals surface area contributed by atoms with Gasteiger partial charge in [0.1, 0.15) is 0 Å². The van der Waals surface area contributed by atoms with Crippen molar-refractivity contribution in [1.82, 2.24) is 5.32 Å². The van der Waals surface area contributed by atoms with E-state index in [0.29, 0.717) is 6.04 Å². The molecule has 90 valence electrons. The van der Waals surface area contributed by atoms with Crippen molar-refractivity contribution < 1.29 is 0 Å². The molecule has 0 amide bonds. The largest absolute Gasteiger partial charge is 0.310 e. The van der Waals surface area contributed by atoms with E-state index in [4.69, 9.17) is 11.6 Å². The van der Waals surface area contributed by atoms with Gasteiger partial charge in [-0.15, -0.1) is 0 Å². The van der Waals surface area contributed by atoms with Gasteiger partial charge in [0, 0.05) is 11.1 Å². The molecule has 1 N–H and O–H groups in total. The van der Waals surface area contributed by atoms with Gasteiger partial charge in [0.25, 0.3) is 0 Å². The summed E-state index contributed by atoms with van der Waals surface area (Å²) in [7, 11) is 0. The van der Waals surface area contributed by atoms with Gasteiger partial charge < -0.3 is 5.32 Å². The third-order valence-corrected chi connectivity index (χ3v) is 3.07. The summed E-state index contributed by atoms with van der Waals surface area (Å²) in [6, 6.07) is 8.68. The van der Waals surface area contributed by atoms with Crippen LogP contribution in [0.1, 0.15) is 51.1 Å². The van der Waals surface area contributed by atoms with Crippen LogP contribution in [0.15, 0.2) is 24.3 Å². The zero-order valence-corrected chi connectivity index (χ0v) is 11.1. The molecule has 0 aliphatic carbocycles. The molecule has 0 radical (unpaired) electrons. The zero-order valence-electron chi connectivity index (χ0n) is 10.3. The molecule has 1 nitrogen and oxygen atoms in total. The molecular weight excluding hydrogens is 218 g/mol. The lowest BCUT2D eigenvalue weighted by molar-refractivity contribution is 0.486. The number of unbranched alkanes of at least 4 members (excludes halogenated alkanes) is 2. The van der Waals surface area contributed by atoms with E-state index in [-0.39, 0.29) is 0 Å². The highest BCUT2D eigenvalue weighted by Gasteiger charge is 2.09. The van der Waals surface area contributed by atoms with Crippen molar-refractivity contribution in [3.8, 4) is 0 Å². The third kappa shape index (κ3) is 4.54. The fourth-order valence-electron chi connectivity index (χ4n) is 1.93. The second-order valence-corrected chi connectivity index (χ2v) is 4.59. The Morgan fingerprint density at radius 2 is 1.81 bits per heavy atom. The van der Waals surface area contributed by atoms with Gasteiger partial charge >= 0.3 is 0 Å². The monoisotopic (exact) mass is 239 g/mol. The van der Waals surface area contributed by atoms with Crippen LogP contribution in [0.25, 0.3) is 0 Å². The van der Waals surface area contributed by atoms with E-state index in [1.165, 1.54) is 31.2 Å². The summed E-state index contributed by atoms with van der Waals surface area (Å²) in [5, 5.41) is 4.35. The lowest BCUT2D eigenvalue weighted by Gasteiger charge is -2.18. The molecule has 2 heteroatoms. The number of hydrogen-bond acceptors (Lipinski definition) is 1. The normalized spacial score (nSPS) is 12.7. The van der Waals surface area contributed by atoms with Gasteiger partial charge in [-0.25, -0.2) is 0 Å². The molecule has 1 unspecified atom stereocenters. The van der Waals surface area contributed by atoms with Crippen LogP contribution in [-0.2, 0) is 0 Å². The molecular formula is C14H22ClN. The molecule has 0 spiro atoms. The Kier molecular flexibility index (Phi) is 6.51. The highest BCUT2D eigenvalue weighted by Crippen LogP contribution is 2.21. The summed E-state index contributed by atoms with van der Waals surface area (Å²) in [5.74, 6) is 0. The highest BCUT2D eigenvalue weighted by atomic mass is 35.5. The smallest absolute Gasteiger partial charge is 0.0406 e. The van der Waals surface area contributed by atoms with Crippen molar-refractivity contribution in [2.24, 2.45) is 0 Å². The molecule has 16 heavy (non-hydrogen) atoms. The summed E-state index contributed by atoms with van der Waals surface area (Å²) in [6.07, 6.45) is 5.09. The molecule has 0 bridgehead atoms. The number of hydrogen-bond donors (Lipinski definition) is 1. The van der Waals surface area contributed by atoms with Crippen LogP contribution >= 0.6 is 11.6 Å². The van der Waals surface area contributed by atoms with E-state index >= 15 is 0 Å². The maximum Gasteiger partial charge on any atom is 0.0406 e. The van der Waals surface area contributed by atoms with Crippen LogP contribution in [0.2, 0.25) is 5.02 Å². The van der Waals surface area contributed by atoms with Crippen LogP contribution in [-0.4, -0.2) is 6.54 Å². The Hall–Kier alpha value is -0.530. The lowest BCUT2D eigenvalue weighted by Crippen LogP contribution is -2.20. The maximum atomic E-state index is 5.90. The van der Waals surface area contributed by atoms with E-state index < -0.39 is 0 Å². The van der Waals surface area contributed by atoms with Crippen molar-refractivity contribution in [3.05, 3.63) is 34.9 Å². The Morgan fingerprint density at radius 3 is 2.38 bits per heavy atom. The lowest BCUT2D eigenvalue weighted by atomic mass is 10.0. The van der Waals surface area contributed by atoms with Crippen LogP contribution in [0.5, 0.6) is 0 Å². The maximum absolute atomic E-state index is 5.90. The molecule has 1 aromatic carbocycles. The molecule has 0 saturated carbocycles. The Bertz CT molecular complexity index is 281. The Morgan fingerprint density at radius 1 is 1.12 bits per heavy atom. The van der Waals surface area contributed by atoms with E-state index in [1.807, 2.05) is 12.1 Å². The summed E-state index contributed by atoms with van der Waals surface area (Å²) in [5.41, 5.74) is 1.35. The fraction of sp³-hybridized carbons (Fsp3) is 0.571. The molecule has 1 aromatic rings.